The topological polar surface area (TPSA) is 91.2 Å². The van der Waals surface area contributed by atoms with E-state index in [9.17, 15) is 5.11 Å². The zero-order chi connectivity index (χ0) is 13.4. The highest BCUT2D eigenvalue weighted by Crippen LogP contribution is 2.29. The monoisotopic (exact) mass is 251 g/mol. The van der Waals surface area contributed by atoms with Crippen LogP contribution in [-0.4, -0.2) is 39.9 Å². The average Bonchev–Trinajstić information content (AvgIpc) is 2.81. The number of aromatic nitrogens is 2. The number of nitrogens with zero attached hydrogens (tertiary/aromatic N) is 3. The van der Waals surface area contributed by atoms with Crippen molar-refractivity contribution in [3.63, 3.8) is 0 Å². The van der Waals surface area contributed by atoms with Crippen LogP contribution >= 0.6 is 0 Å². The van der Waals surface area contributed by atoms with Crippen molar-refractivity contribution in [1.82, 2.24) is 9.78 Å². The van der Waals surface area contributed by atoms with Gasteiger partial charge < -0.3 is 15.7 Å². The maximum Gasteiger partial charge on any atom is 0.137 e. The van der Waals surface area contributed by atoms with Crippen LogP contribution in [-0.2, 0) is 7.05 Å². The summed E-state index contributed by atoms with van der Waals surface area (Å²) in [6.45, 7) is 5.35. The van der Waals surface area contributed by atoms with E-state index in [0.29, 0.717) is 5.56 Å². The van der Waals surface area contributed by atoms with E-state index in [4.69, 9.17) is 11.1 Å². The van der Waals surface area contributed by atoms with Gasteiger partial charge in [-0.3, -0.25) is 10.1 Å². The molecule has 1 aliphatic rings. The van der Waals surface area contributed by atoms with Gasteiger partial charge >= 0.3 is 0 Å². The van der Waals surface area contributed by atoms with Gasteiger partial charge in [-0.2, -0.15) is 5.10 Å². The molecule has 100 valence electrons. The molecule has 1 fully saturated rings. The predicted octanol–water partition coefficient (Wildman–Crippen LogP) is 0.220. The van der Waals surface area contributed by atoms with E-state index in [-0.39, 0.29) is 17.9 Å². The van der Waals surface area contributed by atoms with Gasteiger partial charge in [-0.1, -0.05) is 0 Å². The number of nitrogen functional groups attached to an aromatic ring is 1. The van der Waals surface area contributed by atoms with Gasteiger partial charge in [0.25, 0.3) is 0 Å². The summed E-state index contributed by atoms with van der Waals surface area (Å²) in [6.07, 6.45) is 0.657. The SMILES string of the molecule is Cc1nn(C)c(N2CCC(C(C)O)C2)c1C(=N)N. The number of aliphatic hydroxyl groups is 1. The Kier molecular flexibility index (Phi) is 3.30. The van der Waals surface area contributed by atoms with E-state index in [1.54, 1.807) is 4.68 Å². The Morgan fingerprint density at radius 1 is 1.61 bits per heavy atom. The number of nitrogens with two attached hydrogens (primary N) is 1. The fourth-order valence-electron chi connectivity index (χ4n) is 2.70. The zero-order valence-electron chi connectivity index (χ0n) is 11.1. The molecule has 18 heavy (non-hydrogen) atoms. The second-order valence-corrected chi connectivity index (χ2v) is 5.06. The molecule has 0 spiro atoms. The van der Waals surface area contributed by atoms with Gasteiger partial charge in [-0.05, 0) is 20.3 Å². The normalized spacial score (nSPS) is 21.3. The fraction of sp³-hybridized carbons (Fsp3) is 0.667. The molecule has 0 saturated carbocycles. The van der Waals surface area contributed by atoms with Crippen molar-refractivity contribution in [2.45, 2.75) is 26.4 Å². The van der Waals surface area contributed by atoms with Crippen LogP contribution in [0.1, 0.15) is 24.6 Å². The fourth-order valence-corrected chi connectivity index (χ4v) is 2.70. The minimum Gasteiger partial charge on any atom is -0.393 e. The first-order valence-electron chi connectivity index (χ1n) is 6.22. The number of anilines is 1. The quantitative estimate of drug-likeness (QED) is 0.529. The molecule has 0 aliphatic carbocycles. The number of hydrogen-bond acceptors (Lipinski definition) is 4. The van der Waals surface area contributed by atoms with Crippen molar-refractivity contribution in [1.29, 1.82) is 5.41 Å². The molecule has 6 nitrogen and oxygen atoms in total. The third-order valence-electron chi connectivity index (χ3n) is 3.67. The highest BCUT2D eigenvalue weighted by Gasteiger charge is 2.30. The number of amidine groups is 1. The van der Waals surface area contributed by atoms with Crippen molar-refractivity contribution in [2.24, 2.45) is 18.7 Å². The number of hydrogen-bond donors (Lipinski definition) is 3. The van der Waals surface area contributed by atoms with Crippen LogP contribution < -0.4 is 10.6 Å². The summed E-state index contributed by atoms with van der Waals surface area (Å²) >= 11 is 0. The molecule has 1 aromatic rings. The summed E-state index contributed by atoms with van der Waals surface area (Å²) in [6, 6.07) is 0. The van der Waals surface area contributed by atoms with Crippen molar-refractivity contribution in [2.75, 3.05) is 18.0 Å². The maximum atomic E-state index is 9.65. The largest absolute Gasteiger partial charge is 0.393 e. The van der Waals surface area contributed by atoms with Crippen LogP contribution in [0.15, 0.2) is 0 Å². The van der Waals surface area contributed by atoms with E-state index in [2.05, 4.69) is 10.00 Å². The van der Waals surface area contributed by atoms with Crippen LogP contribution in [0.2, 0.25) is 0 Å². The zero-order valence-corrected chi connectivity index (χ0v) is 11.1. The van der Waals surface area contributed by atoms with Gasteiger partial charge in [-0.25, -0.2) is 0 Å². The minimum absolute atomic E-state index is 0.0519. The van der Waals surface area contributed by atoms with Crippen molar-refractivity contribution < 1.29 is 5.11 Å². The van der Waals surface area contributed by atoms with E-state index < -0.39 is 0 Å². The Hall–Kier alpha value is -1.56. The third-order valence-corrected chi connectivity index (χ3v) is 3.67. The molecule has 0 bridgehead atoms. The summed E-state index contributed by atoms with van der Waals surface area (Å²) in [5.74, 6) is 1.22. The number of aliphatic hydroxyl groups excluding tert-OH is 1. The summed E-state index contributed by atoms with van der Waals surface area (Å²) in [5.41, 5.74) is 7.13. The van der Waals surface area contributed by atoms with Gasteiger partial charge in [-0.15, -0.1) is 0 Å². The number of nitrogens with one attached hydrogen (secondary N) is 1. The lowest BCUT2D eigenvalue weighted by Crippen LogP contribution is -2.28. The molecule has 1 aromatic heterocycles. The molecule has 2 rings (SSSR count). The molecule has 0 aromatic carbocycles. The summed E-state index contributed by atoms with van der Waals surface area (Å²) in [5, 5.41) is 21.7. The highest BCUT2D eigenvalue weighted by atomic mass is 16.3. The van der Waals surface area contributed by atoms with Crippen molar-refractivity contribution in [3.05, 3.63) is 11.3 Å². The minimum atomic E-state index is -0.301. The van der Waals surface area contributed by atoms with E-state index in [1.165, 1.54) is 0 Å². The third kappa shape index (κ3) is 2.08. The first kappa shape index (κ1) is 12.9. The van der Waals surface area contributed by atoms with Crippen molar-refractivity contribution >= 4 is 11.7 Å². The average molecular weight is 251 g/mol. The molecule has 1 saturated heterocycles. The molecule has 0 amide bonds. The van der Waals surface area contributed by atoms with Crippen LogP contribution in [0, 0.1) is 18.3 Å². The molecule has 2 atom stereocenters. The Bertz CT molecular complexity index is 465. The Labute approximate surface area is 107 Å². The molecular formula is C12H21N5O. The molecular weight excluding hydrogens is 230 g/mol. The first-order chi connectivity index (χ1) is 8.41. The molecule has 6 heteroatoms. The second kappa shape index (κ2) is 4.61. The predicted molar refractivity (Wildman–Crippen MR) is 71.0 cm³/mol. The van der Waals surface area contributed by atoms with E-state index in [0.717, 1.165) is 31.0 Å². The summed E-state index contributed by atoms with van der Waals surface area (Å²) in [4.78, 5) is 2.16. The summed E-state index contributed by atoms with van der Waals surface area (Å²) in [7, 11) is 1.87. The van der Waals surface area contributed by atoms with Crippen LogP contribution in [0.25, 0.3) is 0 Å². The molecule has 4 N–H and O–H groups in total. The maximum absolute atomic E-state index is 9.65. The summed E-state index contributed by atoms with van der Waals surface area (Å²) < 4.78 is 1.77. The van der Waals surface area contributed by atoms with Gasteiger partial charge in [0.2, 0.25) is 0 Å². The molecule has 1 aliphatic heterocycles. The van der Waals surface area contributed by atoms with E-state index in [1.807, 2.05) is 20.9 Å². The molecule has 2 heterocycles. The lowest BCUT2D eigenvalue weighted by atomic mass is 10.0. The smallest absolute Gasteiger partial charge is 0.137 e. The highest BCUT2D eigenvalue weighted by molar-refractivity contribution is 6.01. The van der Waals surface area contributed by atoms with Crippen LogP contribution in [0.4, 0.5) is 5.82 Å². The van der Waals surface area contributed by atoms with Crippen molar-refractivity contribution in [3.8, 4) is 0 Å². The van der Waals surface area contributed by atoms with Crippen LogP contribution in [0.5, 0.6) is 0 Å². The Morgan fingerprint density at radius 3 is 2.78 bits per heavy atom. The van der Waals surface area contributed by atoms with Gasteiger partial charge in [0, 0.05) is 26.1 Å². The molecule has 0 radical (unpaired) electrons. The molecule has 2 unspecified atom stereocenters. The van der Waals surface area contributed by atoms with Gasteiger partial charge in [0.05, 0.1) is 17.4 Å². The lowest BCUT2D eigenvalue weighted by molar-refractivity contribution is 0.136. The van der Waals surface area contributed by atoms with Gasteiger partial charge in [0.1, 0.15) is 11.7 Å². The first-order valence-corrected chi connectivity index (χ1v) is 6.22. The second-order valence-electron chi connectivity index (χ2n) is 5.06. The Balaban J connectivity index is 2.32. The number of rotatable bonds is 3. The van der Waals surface area contributed by atoms with Gasteiger partial charge in [0.15, 0.2) is 0 Å². The Morgan fingerprint density at radius 2 is 2.28 bits per heavy atom. The van der Waals surface area contributed by atoms with E-state index >= 15 is 0 Å². The standard InChI is InChI=1S/C12H21N5O/c1-7-10(11(13)14)12(16(3)15-7)17-5-4-9(6-17)8(2)18/h8-9,18H,4-6H2,1-3H3,(H3,13,14). The lowest BCUT2D eigenvalue weighted by Gasteiger charge is -2.21. The van der Waals surface area contributed by atoms with Crippen LogP contribution in [0.3, 0.4) is 0 Å². The number of aryl methyl sites for hydroxylation is 2.